The average Bonchev–Trinajstić information content (AvgIpc) is 3.40. The van der Waals surface area contributed by atoms with Crippen molar-refractivity contribution in [1.29, 1.82) is 0 Å². The minimum atomic E-state index is -0.354. The van der Waals surface area contributed by atoms with E-state index >= 15 is 0 Å². The molecule has 4 rings (SSSR count). The fraction of sp³-hybridized carbons (Fsp3) is 0.182. The fourth-order valence-corrected chi connectivity index (χ4v) is 3.95. The van der Waals surface area contributed by atoms with Crippen molar-refractivity contribution in [2.75, 3.05) is 11.9 Å². The molecule has 158 valence electrons. The highest BCUT2D eigenvalue weighted by Crippen LogP contribution is 2.18. The number of anilines is 1. The van der Waals surface area contributed by atoms with Gasteiger partial charge in [0, 0.05) is 47.7 Å². The van der Waals surface area contributed by atoms with Gasteiger partial charge in [-0.2, -0.15) is 0 Å². The molecule has 2 amide bonds. The molecule has 0 saturated heterocycles. The molecule has 0 spiro atoms. The van der Waals surface area contributed by atoms with Crippen LogP contribution in [-0.2, 0) is 17.6 Å². The highest BCUT2D eigenvalue weighted by molar-refractivity contribution is 7.14. The fourth-order valence-electron chi connectivity index (χ4n) is 3.21. The first-order chi connectivity index (χ1) is 15.1. The first-order valence-corrected chi connectivity index (χ1v) is 10.7. The number of nitrogens with zero attached hydrogens (tertiary/aromatic N) is 1. The zero-order valence-electron chi connectivity index (χ0n) is 16.6. The van der Waals surface area contributed by atoms with Crippen LogP contribution in [0.2, 0.25) is 0 Å². The number of thiazole rings is 1. The molecule has 0 unspecified atom stereocenters. The Balaban J connectivity index is 1.22. The van der Waals surface area contributed by atoms with Crippen LogP contribution < -0.4 is 16.2 Å². The van der Waals surface area contributed by atoms with E-state index in [9.17, 15) is 14.4 Å². The number of para-hydroxylation sites is 1. The Kier molecular flexibility index (Phi) is 6.23. The van der Waals surface area contributed by atoms with Crippen LogP contribution in [-0.4, -0.2) is 33.3 Å². The second-order valence-electron chi connectivity index (χ2n) is 7.00. The molecule has 9 heteroatoms. The molecule has 0 atom stereocenters. The molecule has 4 N–H and O–H groups in total. The SMILES string of the molecule is O=C(CCc1csc(NC(=O)c2ccc(=O)[nH]c2)n1)NCCc1c[nH]c2ccccc12. The lowest BCUT2D eigenvalue weighted by Crippen LogP contribution is -2.25. The number of rotatable bonds is 8. The van der Waals surface area contributed by atoms with Crippen LogP contribution in [0.5, 0.6) is 0 Å². The first kappa shape index (κ1) is 20.5. The largest absolute Gasteiger partial charge is 0.361 e. The van der Waals surface area contributed by atoms with Crippen LogP contribution in [0.1, 0.15) is 28.0 Å². The number of aromatic amines is 2. The third-order valence-corrected chi connectivity index (χ3v) is 5.62. The zero-order valence-corrected chi connectivity index (χ0v) is 17.4. The Bertz CT molecular complexity index is 1250. The quantitative estimate of drug-likeness (QED) is 0.340. The topological polar surface area (TPSA) is 120 Å². The monoisotopic (exact) mass is 435 g/mol. The number of hydrogen-bond donors (Lipinski definition) is 4. The maximum atomic E-state index is 12.2. The summed E-state index contributed by atoms with van der Waals surface area (Å²) in [7, 11) is 0. The molecular weight excluding hydrogens is 414 g/mol. The molecule has 4 aromatic rings. The third kappa shape index (κ3) is 5.26. The van der Waals surface area contributed by atoms with E-state index in [0.29, 0.717) is 30.1 Å². The second kappa shape index (κ2) is 9.40. The van der Waals surface area contributed by atoms with E-state index in [0.717, 1.165) is 17.6 Å². The molecule has 0 saturated carbocycles. The van der Waals surface area contributed by atoms with E-state index in [-0.39, 0.29) is 17.4 Å². The van der Waals surface area contributed by atoms with Gasteiger partial charge in [-0.1, -0.05) is 18.2 Å². The van der Waals surface area contributed by atoms with Gasteiger partial charge in [0.05, 0.1) is 11.3 Å². The Morgan fingerprint density at radius 1 is 1.03 bits per heavy atom. The smallest absolute Gasteiger partial charge is 0.258 e. The summed E-state index contributed by atoms with van der Waals surface area (Å²) in [5, 5.41) is 9.09. The van der Waals surface area contributed by atoms with Gasteiger partial charge in [-0.25, -0.2) is 4.98 Å². The highest BCUT2D eigenvalue weighted by Gasteiger charge is 2.11. The molecule has 0 fully saturated rings. The predicted molar refractivity (Wildman–Crippen MR) is 120 cm³/mol. The number of pyridine rings is 1. The van der Waals surface area contributed by atoms with Crippen LogP contribution in [0.15, 0.2) is 59.0 Å². The van der Waals surface area contributed by atoms with Gasteiger partial charge in [0.25, 0.3) is 5.91 Å². The molecule has 3 aromatic heterocycles. The molecule has 0 bridgehead atoms. The molecule has 0 aliphatic carbocycles. The summed E-state index contributed by atoms with van der Waals surface area (Å²) in [6, 6.07) is 10.8. The molecule has 31 heavy (non-hydrogen) atoms. The van der Waals surface area contributed by atoms with Gasteiger partial charge in [0.1, 0.15) is 0 Å². The molecule has 8 nitrogen and oxygen atoms in total. The van der Waals surface area contributed by atoms with E-state index in [1.54, 1.807) is 0 Å². The highest BCUT2D eigenvalue weighted by atomic mass is 32.1. The number of benzene rings is 1. The second-order valence-corrected chi connectivity index (χ2v) is 7.86. The van der Waals surface area contributed by atoms with Crippen molar-refractivity contribution in [2.24, 2.45) is 0 Å². The lowest BCUT2D eigenvalue weighted by molar-refractivity contribution is -0.121. The lowest BCUT2D eigenvalue weighted by atomic mass is 10.1. The van der Waals surface area contributed by atoms with Crippen molar-refractivity contribution >= 4 is 39.2 Å². The first-order valence-electron chi connectivity index (χ1n) is 9.85. The van der Waals surface area contributed by atoms with Crippen LogP contribution in [0.3, 0.4) is 0 Å². The summed E-state index contributed by atoms with van der Waals surface area (Å²) in [5.74, 6) is -0.390. The standard InChI is InChI=1S/C22H21N5O3S/c28-19(23-10-9-14-11-24-18-4-2-1-3-17(14)18)8-6-16-13-31-22(26-16)27-21(30)15-5-7-20(29)25-12-15/h1-5,7,11-13,24H,6,8-10H2,(H,23,28)(H,25,29)(H,26,27,30). The maximum absolute atomic E-state index is 12.2. The van der Waals surface area contributed by atoms with Crippen molar-refractivity contribution in [3.05, 3.63) is 81.3 Å². The van der Waals surface area contributed by atoms with Crippen LogP contribution in [0.4, 0.5) is 5.13 Å². The molecular formula is C22H21N5O3S. The Labute approximate surface area is 181 Å². The summed E-state index contributed by atoms with van der Waals surface area (Å²) in [5.41, 5.74) is 3.08. The third-order valence-electron chi connectivity index (χ3n) is 4.82. The number of aryl methyl sites for hydroxylation is 1. The van der Waals surface area contributed by atoms with Gasteiger partial charge < -0.3 is 15.3 Å². The van der Waals surface area contributed by atoms with E-state index in [1.807, 2.05) is 29.8 Å². The van der Waals surface area contributed by atoms with Gasteiger partial charge in [-0.05, 0) is 30.5 Å². The van der Waals surface area contributed by atoms with Gasteiger partial charge in [-0.15, -0.1) is 11.3 Å². The summed E-state index contributed by atoms with van der Waals surface area (Å²) >= 11 is 1.29. The molecule has 3 heterocycles. The minimum absolute atomic E-state index is 0.0355. The van der Waals surface area contributed by atoms with Crippen molar-refractivity contribution in [1.82, 2.24) is 20.3 Å². The van der Waals surface area contributed by atoms with Crippen molar-refractivity contribution in [2.45, 2.75) is 19.3 Å². The van der Waals surface area contributed by atoms with Crippen molar-refractivity contribution in [3.63, 3.8) is 0 Å². The van der Waals surface area contributed by atoms with Crippen LogP contribution in [0, 0.1) is 0 Å². The maximum Gasteiger partial charge on any atom is 0.258 e. The van der Waals surface area contributed by atoms with Crippen molar-refractivity contribution in [3.8, 4) is 0 Å². The number of hydrogen-bond acceptors (Lipinski definition) is 5. The van der Waals surface area contributed by atoms with Gasteiger partial charge in [0.2, 0.25) is 11.5 Å². The number of fused-ring (bicyclic) bond motifs is 1. The Morgan fingerprint density at radius 3 is 2.74 bits per heavy atom. The predicted octanol–water partition coefficient (Wildman–Crippen LogP) is 2.86. The molecule has 0 aliphatic heterocycles. The number of amides is 2. The van der Waals surface area contributed by atoms with E-state index in [4.69, 9.17) is 0 Å². The van der Waals surface area contributed by atoms with Crippen LogP contribution >= 0.6 is 11.3 Å². The van der Waals surface area contributed by atoms with Gasteiger partial charge in [-0.3, -0.25) is 19.7 Å². The zero-order chi connectivity index (χ0) is 21.6. The number of nitrogens with one attached hydrogen (secondary N) is 4. The van der Waals surface area contributed by atoms with E-state index in [2.05, 4.69) is 31.7 Å². The number of aromatic nitrogens is 3. The van der Waals surface area contributed by atoms with Gasteiger partial charge in [0.15, 0.2) is 5.13 Å². The van der Waals surface area contributed by atoms with E-state index in [1.165, 1.54) is 40.6 Å². The Hall–Kier alpha value is -3.72. The van der Waals surface area contributed by atoms with E-state index < -0.39 is 0 Å². The lowest BCUT2D eigenvalue weighted by Gasteiger charge is -2.04. The summed E-state index contributed by atoms with van der Waals surface area (Å²) in [6.07, 6.45) is 4.91. The van der Waals surface area contributed by atoms with Gasteiger partial charge >= 0.3 is 0 Å². The number of H-pyrrole nitrogens is 2. The number of carbonyl (C=O) groups excluding carboxylic acids is 2. The van der Waals surface area contributed by atoms with Crippen LogP contribution in [0.25, 0.3) is 10.9 Å². The summed E-state index contributed by atoms with van der Waals surface area (Å²) < 4.78 is 0. The minimum Gasteiger partial charge on any atom is -0.361 e. The average molecular weight is 436 g/mol. The molecule has 0 aliphatic rings. The van der Waals surface area contributed by atoms with Crippen molar-refractivity contribution < 1.29 is 9.59 Å². The Morgan fingerprint density at radius 2 is 1.90 bits per heavy atom. The normalized spacial score (nSPS) is 10.8. The molecule has 1 aromatic carbocycles. The summed E-state index contributed by atoms with van der Waals surface area (Å²) in [6.45, 7) is 0.568. The molecule has 0 radical (unpaired) electrons. The summed E-state index contributed by atoms with van der Waals surface area (Å²) in [4.78, 5) is 45.5. The number of carbonyl (C=O) groups is 2.